The third kappa shape index (κ3) is 4.36. The average Bonchev–Trinajstić information content (AvgIpc) is 3.19. The summed E-state index contributed by atoms with van der Waals surface area (Å²) in [6.45, 7) is 4.01. The number of Topliss-reactive ketones (excluding diaryl/α,β-unsaturated/α-hetero) is 1. The molecule has 0 aliphatic carbocycles. The third-order valence-electron chi connectivity index (χ3n) is 5.45. The molecule has 0 spiro atoms. The van der Waals surface area contributed by atoms with Crippen molar-refractivity contribution in [2.24, 2.45) is 0 Å². The standard InChI is InChI=1S/C21H20ClF4N3O3/c1-9-4-7-15-16(18(30)20(32)27-11(3)21(24,25)26)10(2)17(29(9)15)19(31)28-12-5-6-14(23)13(22)8-12/h5-6,8-9,11H,4,7H2,1-3H3,(H,27,32)(H,28,31)/t9?,11-/m1/s1. The number of nitrogens with zero attached hydrogens (tertiary/aromatic N) is 1. The van der Waals surface area contributed by atoms with Gasteiger partial charge in [0.05, 0.1) is 10.6 Å². The Kier molecular flexibility index (Phi) is 6.37. The second-order valence-corrected chi connectivity index (χ2v) is 8.11. The Morgan fingerprint density at radius 2 is 1.91 bits per heavy atom. The Balaban J connectivity index is 1.96. The van der Waals surface area contributed by atoms with Crippen LogP contribution in [0.1, 0.15) is 58.4 Å². The van der Waals surface area contributed by atoms with E-state index in [-0.39, 0.29) is 33.6 Å². The summed E-state index contributed by atoms with van der Waals surface area (Å²) in [6, 6.07) is 1.22. The number of carbonyl (C=O) groups is 3. The summed E-state index contributed by atoms with van der Waals surface area (Å²) in [6.07, 6.45) is -3.75. The van der Waals surface area contributed by atoms with Crippen LogP contribution in [-0.2, 0) is 11.2 Å². The number of halogens is 5. The lowest BCUT2D eigenvalue weighted by molar-refractivity contribution is -0.156. The third-order valence-corrected chi connectivity index (χ3v) is 5.74. The molecule has 1 aliphatic rings. The molecular weight excluding hydrogens is 454 g/mol. The Hall–Kier alpha value is -2.88. The highest BCUT2D eigenvalue weighted by Gasteiger charge is 2.40. The van der Waals surface area contributed by atoms with Crippen LogP contribution in [0.4, 0.5) is 23.2 Å². The maximum Gasteiger partial charge on any atom is 0.408 e. The van der Waals surface area contributed by atoms with Gasteiger partial charge in [-0.1, -0.05) is 11.6 Å². The molecule has 0 radical (unpaired) electrons. The highest BCUT2D eigenvalue weighted by Crippen LogP contribution is 2.36. The summed E-state index contributed by atoms with van der Waals surface area (Å²) in [5.74, 6) is -3.82. The van der Waals surface area contributed by atoms with Gasteiger partial charge < -0.3 is 15.2 Å². The van der Waals surface area contributed by atoms with Gasteiger partial charge in [-0.15, -0.1) is 0 Å². The van der Waals surface area contributed by atoms with Crippen LogP contribution in [-0.4, -0.2) is 34.4 Å². The van der Waals surface area contributed by atoms with Crippen molar-refractivity contribution in [3.63, 3.8) is 0 Å². The molecule has 172 valence electrons. The Bertz CT molecular complexity index is 1110. The van der Waals surface area contributed by atoms with E-state index in [0.717, 1.165) is 13.0 Å². The number of hydrogen-bond acceptors (Lipinski definition) is 3. The Labute approximate surface area is 185 Å². The molecule has 2 amide bonds. The first-order chi connectivity index (χ1) is 14.8. The monoisotopic (exact) mass is 473 g/mol. The van der Waals surface area contributed by atoms with Crippen molar-refractivity contribution in [1.29, 1.82) is 0 Å². The first kappa shape index (κ1) is 23.8. The van der Waals surface area contributed by atoms with Crippen LogP contribution in [0.25, 0.3) is 0 Å². The van der Waals surface area contributed by atoms with Crippen molar-refractivity contribution < 1.29 is 31.9 Å². The van der Waals surface area contributed by atoms with Gasteiger partial charge in [0.25, 0.3) is 17.6 Å². The zero-order valence-electron chi connectivity index (χ0n) is 17.4. The SMILES string of the molecule is Cc1c(C(=O)C(=O)N[C@H](C)C(F)(F)F)c2n(c1C(=O)Nc1ccc(F)c(Cl)c1)C(C)CC2. The van der Waals surface area contributed by atoms with Gasteiger partial charge in [-0.25, -0.2) is 4.39 Å². The van der Waals surface area contributed by atoms with Crippen molar-refractivity contribution in [3.8, 4) is 0 Å². The zero-order chi connectivity index (χ0) is 24.0. The van der Waals surface area contributed by atoms with E-state index in [1.807, 2.05) is 6.92 Å². The van der Waals surface area contributed by atoms with E-state index in [2.05, 4.69) is 5.32 Å². The minimum Gasteiger partial charge on any atom is -0.338 e. The van der Waals surface area contributed by atoms with Gasteiger partial charge in [0, 0.05) is 17.4 Å². The number of benzene rings is 1. The molecule has 0 saturated heterocycles. The van der Waals surface area contributed by atoms with Gasteiger partial charge in [-0.3, -0.25) is 14.4 Å². The highest BCUT2D eigenvalue weighted by atomic mass is 35.5. The first-order valence-electron chi connectivity index (χ1n) is 9.74. The van der Waals surface area contributed by atoms with Gasteiger partial charge in [0.2, 0.25) is 0 Å². The van der Waals surface area contributed by atoms with E-state index < -0.39 is 35.6 Å². The summed E-state index contributed by atoms with van der Waals surface area (Å²) in [4.78, 5) is 38.1. The van der Waals surface area contributed by atoms with E-state index in [1.54, 1.807) is 9.88 Å². The molecule has 2 atom stereocenters. The van der Waals surface area contributed by atoms with Crippen LogP contribution in [0.2, 0.25) is 5.02 Å². The fourth-order valence-corrected chi connectivity index (χ4v) is 3.96. The number of anilines is 1. The Morgan fingerprint density at radius 3 is 2.50 bits per heavy atom. The van der Waals surface area contributed by atoms with E-state index >= 15 is 0 Å². The van der Waals surface area contributed by atoms with E-state index in [4.69, 9.17) is 11.6 Å². The topological polar surface area (TPSA) is 80.2 Å². The molecule has 1 unspecified atom stereocenters. The summed E-state index contributed by atoms with van der Waals surface area (Å²) in [5.41, 5.74) is 0.828. The summed E-state index contributed by atoms with van der Waals surface area (Å²) in [7, 11) is 0. The average molecular weight is 474 g/mol. The summed E-state index contributed by atoms with van der Waals surface area (Å²) < 4.78 is 53.3. The van der Waals surface area contributed by atoms with Gasteiger partial charge in [0.1, 0.15) is 17.6 Å². The molecule has 0 bridgehead atoms. The maximum atomic E-state index is 13.4. The number of ketones is 1. The molecule has 6 nitrogen and oxygen atoms in total. The molecule has 1 aromatic heterocycles. The molecule has 2 aromatic rings. The number of hydrogen-bond donors (Lipinski definition) is 2. The quantitative estimate of drug-likeness (QED) is 0.378. The van der Waals surface area contributed by atoms with Crippen LogP contribution in [0.5, 0.6) is 0 Å². The molecule has 2 N–H and O–H groups in total. The van der Waals surface area contributed by atoms with Gasteiger partial charge in [-0.05, 0) is 57.4 Å². The minimum atomic E-state index is -4.70. The maximum absolute atomic E-state index is 13.4. The van der Waals surface area contributed by atoms with Crippen molar-refractivity contribution in [2.75, 3.05) is 5.32 Å². The van der Waals surface area contributed by atoms with Crippen LogP contribution in [0.3, 0.4) is 0 Å². The number of nitrogens with one attached hydrogen (secondary N) is 2. The van der Waals surface area contributed by atoms with E-state index in [0.29, 0.717) is 18.5 Å². The number of fused-ring (bicyclic) bond motifs is 1. The second-order valence-electron chi connectivity index (χ2n) is 7.70. The second kappa shape index (κ2) is 8.57. The predicted octanol–water partition coefficient (Wildman–Crippen LogP) is 4.60. The van der Waals surface area contributed by atoms with Crippen molar-refractivity contribution >= 4 is 34.9 Å². The van der Waals surface area contributed by atoms with Gasteiger partial charge in [-0.2, -0.15) is 13.2 Å². The highest BCUT2D eigenvalue weighted by molar-refractivity contribution is 6.43. The summed E-state index contributed by atoms with van der Waals surface area (Å²) in [5, 5.41) is 4.05. The lowest BCUT2D eigenvalue weighted by Crippen LogP contribution is -2.46. The number of rotatable bonds is 5. The fraction of sp³-hybridized carbons (Fsp3) is 0.381. The first-order valence-corrected chi connectivity index (χ1v) is 10.1. The molecule has 32 heavy (non-hydrogen) atoms. The number of carbonyl (C=O) groups excluding carboxylic acids is 3. The normalized spacial score (nSPS) is 16.4. The Morgan fingerprint density at radius 1 is 1.25 bits per heavy atom. The van der Waals surface area contributed by atoms with Crippen LogP contribution < -0.4 is 10.6 Å². The van der Waals surface area contributed by atoms with Crippen molar-refractivity contribution in [2.45, 2.75) is 51.9 Å². The fourth-order valence-electron chi connectivity index (χ4n) is 3.78. The number of amides is 2. The molecule has 0 saturated carbocycles. The van der Waals surface area contributed by atoms with Crippen molar-refractivity contribution in [3.05, 3.63) is 51.6 Å². The van der Waals surface area contributed by atoms with Crippen LogP contribution >= 0.6 is 11.6 Å². The van der Waals surface area contributed by atoms with Gasteiger partial charge in [0.15, 0.2) is 0 Å². The molecule has 0 fully saturated rings. The summed E-state index contributed by atoms with van der Waals surface area (Å²) >= 11 is 5.74. The minimum absolute atomic E-state index is 0.0801. The van der Waals surface area contributed by atoms with E-state index in [9.17, 15) is 31.9 Å². The molecule has 1 aliphatic heterocycles. The molecule has 2 heterocycles. The van der Waals surface area contributed by atoms with Crippen LogP contribution in [0, 0.1) is 12.7 Å². The van der Waals surface area contributed by atoms with Gasteiger partial charge >= 0.3 is 6.18 Å². The molecule has 1 aromatic carbocycles. The lowest BCUT2D eigenvalue weighted by Gasteiger charge is -2.16. The number of alkyl halides is 3. The zero-order valence-corrected chi connectivity index (χ0v) is 18.1. The predicted molar refractivity (Wildman–Crippen MR) is 110 cm³/mol. The number of aromatic nitrogens is 1. The molecule has 11 heteroatoms. The molecular formula is C21H20ClF4N3O3. The van der Waals surface area contributed by atoms with Crippen molar-refractivity contribution in [1.82, 2.24) is 9.88 Å². The largest absolute Gasteiger partial charge is 0.408 e. The smallest absolute Gasteiger partial charge is 0.338 e. The van der Waals surface area contributed by atoms with E-state index in [1.165, 1.54) is 19.1 Å². The molecule has 3 rings (SSSR count). The lowest BCUT2D eigenvalue weighted by atomic mass is 10.0. The van der Waals surface area contributed by atoms with Crippen LogP contribution in [0.15, 0.2) is 18.2 Å².